The molecular weight excluding hydrogens is 254 g/mol. The topological polar surface area (TPSA) is 65.5 Å². The van der Waals surface area contributed by atoms with Crippen LogP contribution in [-0.4, -0.2) is 42.2 Å². The molecule has 1 aliphatic carbocycles. The third-order valence-electron chi connectivity index (χ3n) is 3.96. The van der Waals surface area contributed by atoms with Gasteiger partial charge in [-0.25, -0.2) is 4.98 Å². The Morgan fingerprint density at radius 2 is 2.10 bits per heavy atom. The summed E-state index contributed by atoms with van der Waals surface area (Å²) in [6.45, 7) is 0.00433. The first-order valence-electron chi connectivity index (χ1n) is 7.13. The standard InChI is InChI=1S/C15H23N3O2/c1-18(2)13-10-12(6-9-16-13)14(20)17-15(11-19)7-4-3-5-8-15/h6,9-10,19H,3-5,7-8,11H2,1-2H3,(H,17,20). The van der Waals surface area contributed by atoms with Gasteiger partial charge < -0.3 is 15.3 Å². The van der Waals surface area contributed by atoms with Gasteiger partial charge in [0.2, 0.25) is 0 Å². The highest BCUT2D eigenvalue weighted by Gasteiger charge is 2.33. The van der Waals surface area contributed by atoms with Crippen LogP contribution in [0.4, 0.5) is 5.82 Å². The second-order valence-corrected chi connectivity index (χ2v) is 5.75. The van der Waals surface area contributed by atoms with Crippen molar-refractivity contribution in [2.24, 2.45) is 0 Å². The average Bonchev–Trinajstić information content (AvgIpc) is 2.48. The van der Waals surface area contributed by atoms with Crippen LogP contribution in [0.2, 0.25) is 0 Å². The van der Waals surface area contributed by atoms with Crippen molar-refractivity contribution >= 4 is 11.7 Å². The fourth-order valence-corrected chi connectivity index (χ4v) is 2.67. The molecule has 2 N–H and O–H groups in total. The second kappa shape index (κ2) is 6.22. The smallest absolute Gasteiger partial charge is 0.251 e. The van der Waals surface area contributed by atoms with Crippen molar-refractivity contribution in [3.8, 4) is 0 Å². The molecule has 0 spiro atoms. The molecule has 2 rings (SSSR count). The zero-order valence-corrected chi connectivity index (χ0v) is 12.2. The van der Waals surface area contributed by atoms with Gasteiger partial charge in [-0.3, -0.25) is 4.79 Å². The van der Waals surface area contributed by atoms with Gasteiger partial charge in [-0.2, -0.15) is 0 Å². The molecule has 1 aliphatic rings. The van der Waals surface area contributed by atoms with Crippen molar-refractivity contribution in [3.05, 3.63) is 23.9 Å². The number of aliphatic hydroxyl groups excluding tert-OH is 1. The summed E-state index contributed by atoms with van der Waals surface area (Å²) in [6, 6.07) is 3.47. The number of hydrogen-bond donors (Lipinski definition) is 2. The van der Waals surface area contributed by atoms with Crippen molar-refractivity contribution in [2.45, 2.75) is 37.6 Å². The highest BCUT2D eigenvalue weighted by Crippen LogP contribution is 2.28. The van der Waals surface area contributed by atoms with Gasteiger partial charge in [0.25, 0.3) is 5.91 Å². The Hall–Kier alpha value is -1.62. The summed E-state index contributed by atoms with van der Waals surface area (Å²) in [6.07, 6.45) is 6.62. The maximum Gasteiger partial charge on any atom is 0.251 e. The lowest BCUT2D eigenvalue weighted by Crippen LogP contribution is -2.52. The lowest BCUT2D eigenvalue weighted by molar-refractivity contribution is 0.0758. The number of hydrogen-bond acceptors (Lipinski definition) is 4. The molecule has 0 bridgehead atoms. The summed E-state index contributed by atoms with van der Waals surface area (Å²) < 4.78 is 0. The second-order valence-electron chi connectivity index (χ2n) is 5.75. The summed E-state index contributed by atoms with van der Waals surface area (Å²) in [7, 11) is 3.78. The number of anilines is 1. The average molecular weight is 277 g/mol. The van der Waals surface area contributed by atoms with Gasteiger partial charge >= 0.3 is 0 Å². The Bertz CT molecular complexity index is 468. The van der Waals surface area contributed by atoms with Crippen molar-refractivity contribution in [1.29, 1.82) is 0 Å². The summed E-state index contributed by atoms with van der Waals surface area (Å²) in [5, 5.41) is 12.7. The predicted octanol–water partition coefficient (Wildman–Crippen LogP) is 1.57. The fourth-order valence-electron chi connectivity index (χ4n) is 2.67. The first-order valence-corrected chi connectivity index (χ1v) is 7.13. The molecule has 0 atom stereocenters. The Kier molecular flexibility index (Phi) is 4.60. The molecule has 0 saturated heterocycles. The first-order chi connectivity index (χ1) is 9.56. The zero-order valence-electron chi connectivity index (χ0n) is 12.2. The number of carbonyl (C=O) groups excluding carboxylic acids is 1. The van der Waals surface area contributed by atoms with E-state index in [2.05, 4.69) is 10.3 Å². The zero-order chi connectivity index (χ0) is 14.6. The minimum absolute atomic E-state index is 0.00433. The third kappa shape index (κ3) is 3.28. The van der Waals surface area contributed by atoms with Crippen LogP contribution in [-0.2, 0) is 0 Å². The van der Waals surface area contributed by atoms with Crippen LogP contribution >= 0.6 is 0 Å². The van der Waals surface area contributed by atoms with E-state index in [0.717, 1.165) is 31.5 Å². The SMILES string of the molecule is CN(C)c1cc(C(=O)NC2(CO)CCCCC2)ccn1. The molecule has 20 heavy (non-hydrogen) atoms. The number of nitrogens with one attached hydrogen (secondary N) is 1. The number of aliphatic hydroxyl groups is 1. The molecule has 5 heteroatoms. The van der Waals surface area contributed by atoms with E-state index in [4.69, 9.17) is 0 Å². The van der Waals surface area contributed by atoms with Crippen molar-refractivity contribution < 1.29 is 9.90 Å². The maximum absolute atomic E-state index is 12.4. The van der Waals surface area contributed by atoms with E-state index in [1.165, 1.54) is 6.42 Å². The third-order valence-corrected chi connectivity index (χ3v) is 3.96. The summed E-state index contributed by atoms with van der Waals surface area (Å²) in [5.41, 5.74) is 0.138. The van der Waals surface area contributed by atoms with Crippen LogP contribution in [0.25, 0.3) is 0 Å². The number of pyridine rings is 1. The van der Waals surface area contributed by atoms with Gasteiger partial charge in [0.05, 0.1) is 12.1 Å². The highest BCUT2D eigenvalue weighted by molar-refractivity contribution is 5.95. The van der Waals surface area contributed by atoms with Gasteiger partial charge in [0, 0.05) is 25.9 Å². The molecule has 1 heterocycles. The number of aromatic nitrogens is 1. The van der Waals surface area contributed by atoms with E-state index in [9.17, 15) is 9.90 Å². The highest BCUT2D eigenvalue weighted by atomic mass is 16.3. The Morgan fingerprint density at radius 1 is 1.40 bits per heavy atom. The monoisotopic (exact) mass is 277 g/mol. The van der Waals surface area contributed by atoms with E-state index in [0.29, 0.717) is 5.56 Å². The molecule has 0 radical (unpaired) electrons. The van der Waals surface area contributed by atoms with Crippen molar-refractivity contribution in [3.63, 3.8) is 0 Å². The molecule has 1 saturated carbocycles. The lowest BCUT2D eigenvalue weighted by atomic mass is 9.82. The minimum Gasteiger partial charge on any atom is -0.394 e. The first kappa shape index (κ1) is 14.8. The lowest BCUT2D eigenvalue weighted by Gasteiger charge is -2.36. The quantitative estimate of drug-likeness (QED) is 0.877. The molecule has 1 aromatic heterocycles. The molecule has 0 aromatic carbocycles. The fraction of sp³-hybridized carbons (Fsp3) is 0.600. The summed E-state index contributed by atoms with van der Waals surface area (Å²) in [4.78, 5) is 18.4. The van der Waals surface area contributed by atoms with Crippen LogP contribution in [0, 0.1) is 0 Å². The van der Waals surface area contributed by atoms with Crippen LogP contribution in [0.1, 0.15) is 42.5 Å². The van der Waals surface area contributed by atoms with Crippen LogP contribution in [0.3, 0.4) is 0 Å². The molecule has 5 nitrogen and oxygen atoms in total. The number of nitrogens with zero attached hydrogens (tertiary/aromatic N) is 2. The molecule has 1 amide bonds. The normalized spacial score (nSPS) is 17.6. The van der Waals surface area contributed by atoms with Gasteiger partial charge in [0.1, 0.15) is 5.82 Å². The molecule has 110 valence electrons. The molecule has 0 unspecified atom stereocenters. The van der Waals surface area contributed by atoms with Crippen LogP contribution in [0.15, 0.2) is 18.3 Å². The Balaban J connectivity index is 2.12. The van der Waals surface area contributed by atoms with E-state index >= 15 is 0 Å². The largest absolute Gasteiger partial charge is 0.394 e. The van der Waals surface area contributed by atoms with Gasteiger partial charge in [-0.15, -0.1) is 0 Å². The van der Waals surface area contributed by atoms with Gasteiger partial charge in [-0.1, -0.05) is 19.3 Å². The summed E-state index contributed by atoms with van der Waals surface area (Å²) in [5.74, 6) is 0.616. The van der Waals surface area contributed by atoms with E-state index in [1.54, 1.807) is 18.3 Å². The van der Waals surface area contributed by atoms with E-state index in [1.807, 2.05) is 19.0 Å². The van der Waals surface area contributed by atoms with E-state index < -0.39 is 5.54 Å². The predicted molar refractivity (Wildman–Crippen MR) is 78.9 cm³/mol. The van der Waals surface area contributed by atoms with Gasteiger partial charge in [-0.05, 0) is 25.0 Å². The number of carbonyl (C=O) groups is 1. The van der Waals surface area contributed by atoms with E-state index in [-0.39, 0.29) is 12.5 Å². The number of rotatable bonds is 4. The molecule has 0 aliphatic heterocycles. The van der Waals surface area contributed by atoms with Gasteiger partial charge in [0.15, 0.2) is 0 Å². The van der Waals surface area contributed by atoms with Crippen LogP contribution in [0.5, 0.6) is 0 Å². The van der Waals surface area contributed by atoms with Crippen LogP contribution < -0.4 is 10.2 Å². The molecule has 1 fully saturated rings. The minimum atomic E-state index is -0.448. The Morgan fingerprint density at radius 3 is 2.70 bits per heavy atom. The summed E-state index contributed by atoms with van der Waals surface area (Å²) >= 11 is 0. The molecular formula is C15H23N3O2. The van der Waals surface area contributed by atoms with Crippen molar-refractivity contribution in [2.75, 3.05) is 25.6 Å². The maximum atomic E-state index is 12.4. The van der Waals surface area contributed by atoms with Crippen molar-refractivity contribution in [1.82, 2.24) is 10.3 Å². The Labute approximate surface area is 120 Å². The molecule has 1 aromatic rings. The number of amides is 1.